The predicted molar refractivity (Wildman–Crippen MR) is 97.5 cm³/mol. The molecule has 144 valence electrons. The van der Waals surface area contributed by atoms with Gasteiger partial charge in [0, 0.05) is 32.2 Å². The molecule has 1 aromatic carbocycles. The van der Waals surface area contributed by atoms with Gasteiger partial charge in [0.15, 0.2) is 6.61 Å². The van der Waals surface area contributed by atoms with E-state index in [0.29, 0.717) is 44.1 Å². The van der Waals surface area contributed by atoms with Gasteiger partial charge in [-0.3, -0.25) is 4.79 Å². The number of carbonyl (C=O) groups excluding carboxylic acids is 2. The fraction of sp³-hybridized carbons (Fsp3) is 0.579. The molecule has 2 rings (SSSR count). The molecule has 2 amide bonds. The summed E-state index contributed by atoms with van der Waals surface area (Å²) in [5, 5.41) is 0. The van der Waals surface area contributed by atoms with Crippen LogP contribution in [0.1, 0.15) is 27.2 Å². The summed E-state index contributed by atoms with van der Waals surface area (Å²) in [5.41, 5.74) is -0.524. The lowest BCUT2D eigenvalue weighted by atomic mass is 10.2. The highest BCUT2D eigenvalue weighted by molar-refractivity contribution is 5.78. The summed E-state index contributed by atoms with van der Waals surface area (Å²) < 4.78 is 16.1. The summed E-state index contributed by atoms with van der Waals surface area (Å²) in [6.07, 6.45) is 0.379. The van der Waals surface area contributed by atoms with Gasteiger partial charge >= 0.3 is 6.09 Å². The van der Waals surface area contributed by atoms with Crippen LogP contribution in [0, 0.1) is 0 Å². The topological polar surface area (TPSA) is 68.3 Å². The van der Waals surface area contributed by atoms with Gasteiger partial charge in [0.25, 0.3) is 5.91 Å². The molecular formula is C19H28N2O5. The smallest absolute Gasteiger partial charge is 0.410 e. The van der Waals surface area contributed by atoms with E-state index < -0.39 is 5.60 Å². The lowest BCUT2D eigenvalue weighted by Gasteiger charge is -2.26. The summed E-state index contributed by atoms with van der Waals surface area (Å²) in [5.74, 6) is 1.17. The van der Waals surface area contributed by atoms with Crippen LogP contribution in [-0.2, 0) is 9.53 Å². The second-order valence-corrected chi connectivity index (χ2v) is 7.17. The minimum atomic E-state index is -0.524. The van der Waals surface area contributed by atoms with Crippen molar-refractivity contribution in [3.05, 3.63) is 24.3 Å². The number of methoxy groups -OCH3 is 1. The Hall–Kier alpha value is -2.44. The highest BCUT2D eigenvalue weighted by Crippen LogP contribution is 2.19. The standard InChI is InChI=1S/C19H28N2O5/c1-19(2,3)26-18(23)21-10-6-9-20(11-12-21)17(22)14-25-16-8-5-7-15(13-16)24-4/h5,7-8,13H,6,9-12,14H2,1-4H3. The van der Waals surface area contributed by atoms with Crippen molar-refractivity contribution in [3.8, 4) is 11.5 Å². The van der Waals surface area contributed by atoms with Crippen molar-refractivity contribution < 1.29 is 23.8 Å². The van der Waals surface area contributed by atoms with Gasteiger partial charge in [-0.15, -0.1) is 0 Å². The molecule has 1 aliphatic rings. The van der Waals surface area contributed by atoms with E-state index in [1.54, 1.807) is 29.0 Å². The molecule has 0 bridgehead atoms. The largest absolute Gasteiger partial charge is 0.497 e. The SMILES string of the molecule is COc1cccc(OCC(=O)N2CCCN(C(=O)OC(C)(C)C)CC2)c1. The number of ether oxygens (including phenoxy) is 3. The van der Waals surface area contributed by atoms with E-state index in [9.17, 15) is 9.59 Å². The quantitative estimate of drug-likeness (QED) is 0.821. The molecule has 1 saturated heterocycles. The van der Waals surface area contributed by atoms with E-state index >= 15 is 0 Å². The fourth-order valence-electron chi connectivity index (χ4n) is 2.60. The second-order valence-electron chi connectivity index (χ2n) is 7.17. The summed E-state index contributed by atoms with van der Waals surface area (Å²) in [7, 11) is 1.58. The summed E-state index contributed by atoms with van der Waals surface area (Å²) in [6, 6.07) is 7.14. The van der Waals surface area contributed by atoms with E-state index in [0.717, 1.165) is 0 Å². The minimum absolute atomic E-state index is 0.0421. The molecule has 1 fully saturated rings. The van der Waals surface area contributed by atoms with Gasteiger partial charge < -0.3 is 24.0 Å². The van der Waals surface area contributed by atoms with Crippen LogP contribution in [0.15, 0.2) is 24.3 Å². The van der Waals surface area contributed by atoms with Gasteiger partial charge in [-0.05, 0) is 39.3 Å². The maximum absolute atomic E-state index is 12.4. The van der Waals surface area contributed by atoms with E-state index in [2.05, 4.69) is 0 Å². The Morgan fingerprint density at radius 1 is 1.04 bits per heavy atom. The van der Waals surface area contributed by atoms with Crippen molar-refractivity contribution in [1.29, 1.82) is 0 Å². The maximum Gasteiger partial charge on any atom is 0.410 e. The Morgan fingerprint density at radius 2 is 1.69 bits per heavy atom. The zero-order chi connectivity index (χ0) is 19.2. The van der Waals surface area contributed by atoms with Crippen molar-refractivity contribution in [2.45, 2.75) is 32.8 Å². The average Bonchev–Trinajstić information content (AvgIpc) is 2.84. The van der Waals surface area contributed by atoms with Crippen LogP contribution in [0.2, 0.25) is 0 Å². The first-order valence-electron chi connectivity index (χ1n) is 8.81. The molecule has 0 aromatic heterocycles. The second kappa shape index (κ2) is 8.78. The first kappa shape index (κ1) is 19.9. The minimum Gasteiger partial charge on any atom is -0.497 e. The molecule has 1 aliphatic heterocycles. The van der Waals surface area contributed by atoms with Gasteiger partial charge in [0.1, 0.15) is 17.1 Å². The van der Waals surface area contributed by atoms with Crippen LogP contribution in [0.4, 0.5) is 4.79 Å². The molecule has 0 radical (unpaired) electrons. The van der Waals surface area contributed by atoms with Crippen LogP contribution in [0.5, 0.6) is 11.5 Å². The van der Waals surface area contributed by atoms with Crippen molar-refractivity contribution >= 4 is 12.0 Å². The highest BCUT2D eigenvalue weighted by atomic mass is 16.6. The predicted octanol–water partition coefficient (Wildman–Crippen LogP) is 2.54. The number of amides is 2. The van der Waals surface area contributed by atoms with Crippen LogP contribution in [0.25, 0.3) is 0 Å². The lowest BCUT2D eigenvalue weighted by Crippen LogP contribution is -2.41. The summed E-state index contributed by atoms with van der Waals surface area (Å²) in [4.78, 5) is 28.0. The first-order chi connectivity index (χ1) is 12.3. The van der Waals surface area contributed by atoms with Gasteiger partial charge in [-0.1, -0.05) is 6.07 Å². The van der Waals surface area contributed by atoms with Crippen LogP contribution in [-0.4, -0.2) is 67.3 Å². The van der Waals surface area contributed by atoms with Crippen molar-refractivity contribution in [1.82, 2.24) is 9.80 Å². The third-order valence-corrected chi connectivity index (χ3v) is 3.90. The van der Waals surface area contributed by atoms with Gasteiger partial charge in [-0.2, -0.15) is 0 Å². The van der Waals surface area contributed by atoms with Crippen molar-refractivity contribution in [2.75, 3.05) is 39.9 Å². The molecule has 1 aromatic rings. The van der Waals surface area contributed by atoms with E-state index in [1.165, 1.54) is 0 Å². The molecule has 0 atom stereocenters. The molecule has 0 unspecified atom stereocenters. The molecule has 0 spiro atoms. The van der Waals surface area contributed by atoms with E-state index in [-0.39, 0.29) is 18.6 Å². The summed E-state index contributed by atoms with van der Waals surface area (Å²) in [6.45, 7) is 7.59. The lowest BCUT2D eigenvalue weighted by molar-refractivity contribution is -0.133. The molecule has 0 aliphatic carbocycles. The zero-order valence-corrected chi connectivity index (χ0v) is 16.0. The summed E-state index contributed by atoms with van der Waals surface area (Å²) >= 11 is 0. The van der Waals surface area contributed by atoms with Crippen molar-refractivity contribution in [3.63, 3.8) is 0 Å². The Kier molecular flexibility index (Phi) is 6.71. The monoisotopic (exact) mass is 364 g/mol. The van der Waals surface area contributed by atoms with Crippen LogP contribution < -0.4 is 9.47 Å². The Bertz CT molecular complexity index is 627. The number of rotatable bonds is 4. The van der Waals surface area contributed by atoms with Crippen molar-refractivity contribution in [2.24, 2.45) is 0 Å². The first-order valence-corrected chi connectivity index (χ1v) is 8.81. The van der Waals surface area contributed by atoms with E-state index in [1.807, 2.05) is 32.9 Å². The van der Waals surface area contributed by atoms with Gasteiger partial charge in [0.05, 0.1) is 7.11 Å². The molecule has 7 nitrogen and oxygen atoms in total. The van der Waals surface area contributed by atoms with Crippen LogP contribution in [0.3, 0.4) is 0 Å². The third kappa shape index (κ3) is 6.13. The zero-order valence-electron chi connectivity index (χ0n) is 16.0. The maximum atomic E-state index is 12.4. The molecular weight excluding hydrogens is 336 g/mol. The number of hydrogen-bond acceptors (Lipinski definition) is 5. The van der Waals surface area contributed by atoms with Gasteiger partial charge in [-0.25, -0.2) is 4.79 Å². The highest BCUT2D eigenvalue weighted by Gasteiger charge is 2.26. The molecule has 0 N–H and O–H groups in total. The van der Waals surface area contributed by atoms with E-state index in [4.69, 9.17) is 14.2 Å². The average molecular weight is 364 g/mol. The number of benzene rings is 1. The molecule has 0 saturated carbocycles. The Labute approximate surface area is 154 Å². The molecule has 7 heteroatoms. The fourth-order valence-corrected chi connectivity index (χ4v) is 2.60. The van der Waals surface area contributed by atoms with Gasteiger partial charge in [0.2, 0.25) is 0 Å². The molecule has 26 heavy (non-hydrogen) atoms. The number of hydrogen-bond donors (Lipinski definition) is 0. The third-order valence-electron chi connectivity index (χ3n) is 3.90. The normalized spacial score (nSPS) is 15.2. The van der Waals surface area contributed by atoms with Crippen LogP contribution >= 0.6 is 0 Å². The molecule has 1 heterocycles. The Balaban J connectivity index is 1.84. The number of carbonyl (C=O) groups is 2. The number of nitrogens with zero attached hydrogens (tertiary/aromatic N) is 2. The Morgan fingerprint density at radius 3 is 2.38 bits per heavy atom.